The average Bonchev–Trinajstić information content (AvgIpc) is 3.32. The molecule has 4 aromatic rings. The number of halogens is 3. The van der Waals surface area contributed by atoms with Crippen molar-refractivity contribution in [2.24, 2.45) is 0 Å². The molecule has 0 aliphatic carbocycles. The second-order valence-electron chi connectivity index (χ2n) is 6.76. The van der Waals surface area contributed by atoms with Crippen molar-refractivity contribution in [1.82, 2.24) is 29.3 Å². The Morgan fingerprint density at radius 2 is 2.00 bits per heavy atom. The molecule has 30 heavy (non-hydrogen) atoms. The lowest BCUT2D eigenvalue weighted by atomic mass is 10.1. The summed E-state index contributed by atoms with van der Waals surface area (Å²) >= 11 is 0. The first-order valence-corrected chi connectivity index (χ1v) is 9.13. The Bertz CT molecular complexity index is 1270. The lowest BCUT2D eigenvalue weighted by molar-refractivity contribution is -0.137. The molecule has 8 nitrogen and oxygen atoms in total. The maximum atomic E-state index is 12.9. The number of nitrogens with one attached hydrogen (secondary N) is 1. The van der Waals surface area contributed by atoms with Crippen LogP contribution in [0.25, 0.3) is 22.6 Å². The van der Waals surface area contributed by atoms with Crippen LogP contribution in [0.15, 0.2) is 41.5 Å². The zero-order chi connectivity index (χ0) is 21.5. The number of aromatic amines is 1. The molecule has 0 spiro atoms. The van der Waals surface area contributed by atoms with Crippen molar-refractivity contribution in [3.8, 4) is 17.4 Å². The van der Waals surface area contributed by atoms with Crippen LogP contribution in [0.2, 0.25) is 0 Å². The normalized spacial score (nSPS) is 12.0. The van der Waals surface area contributed by atoms with E-state index in [1.54, 1.807) is 12.3 Å². The lowest BCUT2D eigenvalue weighted by Crippen LogP contribution is -2.20. The molecule has 155 valence electrons. The zero-order valence-electron chi connectivity index (χ0n) is 15.8. The van der Waals surface area contributed by atoms with E-state index < -0.39 is 23.3 Å². The van der Waals surface area contributed by atoms with Crippen LogP contribution in [0.4, 0.5) is 13.2 Å². The molecular formula is C19H16F3N6O2. The number of nitrogens with zero attached hydrogens (tertiary/aromatic N) is 5. The van der Waals surface area contributed by atoms with Crippen LogP contribution in [-0.2, 0) is 24.4 Å². The third-order valence-corrected chi connectivity index (χ3v) is 4.53. The van der Waals surface area contributed by atoms with Crippen LogP contribution in [0, 0.1) is 0 Å². The van der Waals surface area contributed by atoms with Crippen molar-refractivity contribution in [2.75, 3.05) is 0 Å². The molecule has 0 aliphatic heterocycles. The van der Waals surface area contributed by atoms with E-state index in [0.717, 1.165) is 16.7 Å². The van der Waals surface area contributed by atoms with E-state index >= 15 is 0 Å². The average molecular weight is 417 g/mol. The number of rotatable bonds is 5. The molecule has 1 aromatic carbocycles. The van der Waals surface area contributed by atoms with Gasteiger partial charge in [0.2, 0.25) is 0 Å². The van der Waals surface area contributed by atoms with Crippen LogP contribution >= 0.6 is 0 Å². The van der Waals surface area contributed by atoms with Gasteiger partial charge in [0.25, 0.3) is 5.56 Å². The number of hydrogen-bond donors (Lipinski definition) is 1. The predicted octanol–water partition coefficient (Wildman–Crippen LogP) is 3.60. The first-order valence-electron chi connectivity index (χ1n) is 9.13. The summed E-state index contributed by atoms with van der Waals surface area (Å²) in [5.74, 6) is 0.290. The van der Waals surface area contributed by atoms with Crippen LogP contribution in [0.3, 0.4) is 0 Å². The van der Waals surface area contributed by atoms with Gasteiger partial charge in [-0.3, -0.25) is 14.0 Å². The van der Waals surface area contributed by atoms with Crippen molar-refractivity contribution in [2.45, 2.75) is 32.6 Å². The van der Waals surface area contributed by atoms with Crippen LogP contribution in [0.5, 0.6) is 6.01 Å². The Labute approximate surface area is 167 Å². The molecule has 0 fully saturated rings. The molecule has 0 unspecified atom stereocenters. The highest BCUT2D eigenvalue weighted by Gasteiger charge is 2.30. The van der Waals surface area contributed by atoms with Gasteiger partial charge >= 0.3 is 12.2 Å². The standard InChI is InChI=1S/C19H16F3N6O2/c1-2-6-28-17(29)14-16(26-18(28)30)25-15(24-14)12-8-23-27(10-12)9-11-4-3-5-13(7-11)19(20,21)22/h3-5,7-8,10H,2,6,9H2,1H3,(H,24,25). The summed E-state index contributed by atoms with van der Waals surface area (Å²) in [4.78, 5) is 23.4. The van der Waals surface area contributed by atoms with Crippen molar-refractivity contribution in [3.05, 3.63) is 58.1 Å². The number of fused-ring (bicyclic) bond motifs is 1. The number of benzene rings is 1. The highest BCUT2D eigenvalue weighted by molar-refractivity contribution is 5.75. The monoisotopic (exact) mass is 417 g/mol. The highest BCUT2D eigenvalue weighted by atomic mass is 19.4. The molecule has 1 radical (unpaired) electrons. The number of alkyl halides is 3. The summed E-state index contributed by atoms with van der Waals surface area (Å²) in [7, 11) is 0. The molecule has 0 saturated carbocycles. The molecule has 3 heterocycles. The zero-order valence-corrected chi connectivity index (χ0v) is 15.8. The quantitative estimate of drug-likeness (QED) is 0.536. The van der Waals surface area contributed by atoms with Gasteiger partial charge in [-0.2, -0.15) is 23.3 Å². The van der Waals surface area contributed by atoms with Crippen LogP contribution in [-0.4, -0.2) is 29.3 Å². The molecule has 0 bridgehead atoms. The van der Waals surface area contributed by atoms with Crippen molar-refractivity contribution < 1.29 is 18.3 Å². The molecule has 0 aliphatic rings. The predicted molar refractivity (Wildman–Crippen MR) is 100 cm³/mol. The fourth-order valence-electron chi connectivity index (χ4n) is 3.13. The van der Waals surface area contributed by atoms with E-state index in [9.17, 15) is 23.1 Å². The lowest BCUT2D eigenvalue weighted by Gasteiger charge is -2.08. The molecule has 11 heteroatoms. The van der Waals surface area contributed by atoms with E-state index in [-0.39, 0.29) is 24.3 Å². The van der Waals surface area contributed by atoms with Gasteiger partial charge in [0, 0.05) is 12.7 Å². The molecule has 0 atom stereocenters. The van der Waals surface area contributed by atoms with E-state index in [1.807, 2.05) is 6.92 Å². The van der Waals surface area contributed by atoms with Crippen LogP contribution in [0.1, 0.15) is 24.5 Å². The molecule has 0 amide bonds. The maximum Gasteiger partial charge on any atom is 0.416 e. The highest BCUT2D eigenvalue weighted by Crippen LogP contribution is 2.29. The van der Waals surface area contributed by atoms with E-state index in [2.05, 4.69) is 20.1 Å². The minimum absolute atomic E-state index is 0.0120. The summed E-state index contributed by atoms with van der Waals surface area (Å²) < 4.78 is 41.1. The summed E-state index contributed by atoms with van der Waals surface area (Å²) in [6.07, 6.45) is -0.766. The molecule has 4 rings (SSSR count). The fourth-order valence-corrected chi connectivity index (χ4v) is 3.13. The SMILES string of the molecule is CCCn1c([O])nc2nc(-c3cnn(Cc4cccc(C(F)(F)F)c4)c3)[nH]c2c1=O. The first kappa shape index (κ1) is 19.7. The summed E-state index contributed by atoms with van der Waals surface area (Å²) in [5, 5.41) is 16.1. The Kier molecular flexibility index (Phi) is 4.80. The van der Waals surface area contributed by atoms with Crippen LogP contribution < -0.4 is 5.56 Å². The third-order valence-electron chi connectivity index (χ3n) is 4.53. The minimum Gasteiger partial charge on any atom is -0.332 e. The van der Waals surface area contributed by atoms with Crippen molar-refractivity contribution in [3.63, 3.8) is 0 Å². The summed E-state index contributed by atoms with van der Waals surface area (Å²) in [5.41, 5.74) is -0.158. The Balaban J connectivity index is 1.64. The maximum absolute atomic E-state index is 12.9. The smallest absolute Gasteiger partial charge is 0.332 e. The second kappa shape index (κ2) is 7.32. The number of H-pyrrole nitrogens is 1. The summed E-state index contributed by atoms with van der Waals surface area (Å²) in [6, 6.07) is 4.34. The van der Waals surface area contributed by atoms with Gasteiger partial charge in [-0.25, -0.2) is 10.1 Å². The van der Waals surface area contributed by atoms with Crippen molar-refractivity contribution in [1.29, 1.82) is 0 Å². The second-order valence-corrected chi connectivity index (χ2v) is 6.76. The Morgan fingerprint density at radius 1 is 1.20 bits per heavy atom. The number of imidazole rings is 1. The van der Waals surface area contributed by atoms with Gasteiger partial charge in [-0.05, 0) is 24.1 Å². The third kappa shape index (κ3) is 3.65. The number of aromatic nitrogens is 6. The number of hydrogen-bond acceptors (Lipinski definition) is 4. The minimum atomic E-state index is -4.42. The van der Waals surface area contributed by atoms with Crippen molar-refractivity contribution >= 4 is 11.2 Å². The van der Waals surface area contributed by atoms with E-state index in [4.69, 9.17) is 0 Å². The largest absolute Gasteiger partial charge is 0.416 e. The van der Waals surface area contributed by atoms with Gasteiger partial charge in [0.05, 0.1) is 23.9 Å². The van der Waals surface area contributed by atoms with Gasteiger partial charge in [-0.1, -0.05) is 19.1 Å². The van der Waals surface area contributed by atoms with E-state index in [1.165, 1.54) is 16.9 Å². The molecule has 1 N–H and O–H groups in total. The molecule has 3 aromatic heterocycles. The van der Waals surface area contributed by atoms with Gasteiger partial charge in [-0.15, -0.1) is 0 Å². The fraction of sp³-hybridized carbons (Fsp3) is 0.263. The molecule has 0 saturated heterocycles. The molecular weight excluding hydrogens is 401 g/mol. The summed E-state index contributed by atoms with van der Waals surface area (Å²) in [6.45, 7) is 2.22. The Morgan fingerprint density at radius 3 is 2.73 bits per heavy atom. The van der Waals surface area contributed by atoms with Gasteiger partial charge in [0.15, 0.2) is 11.2 Å². The van der Waals surface area contributed by atoms with Gasteiger partial charge < -0.3 is 4.98 Å². The van der Waals surface area contributed by atoms with Gasteiger partial charge in [0.1, 0.15) is 5.82 Å². The topological polar surface area (TPSA) is 101 Å². The first-order chi connectivity index (χ1) is 14.3. The Hall–Kier alpha value is -3.63. The van der Waals surface area contributed by atoms with E-state index in [0.29, 0.717) is 23.4 Å².